The molecule has 0 aliphatic carbocycles. The van der Waals surface area contributed by atoms with Crippen molar-refractivity contribution in [1.29, 1.82) is 0 Å². The zero-order valence-corrected chi connectivity index (χ0v) is 14.7. The van der Waals surface area contributed by atoms with Crippen LogP contribution in [0.5, 0.6) is 11.5 Å². The molecule has 0 unspecified atom stereocenters. The second kappa shape index (κ2) is 8.94. The van der Waals surface area contributed by atoms with E-state index in [-0.39, 0.29) is 5.56 Å². The van der Waals surface area contributed by atoms with Crippen molar-refractivity contribution in [3.63, 3.8) is 0 Å². The maximum atomic E-state index is 10.7. The maximum absolute atomic E-state index is 10.7. The van der Waals surface area contributed by atoms with E-state index in [4.69, 9.17) is 21.1 Å². The van der Waals surface area contributed by atoms with Crippen LogP contribution in [0, 0.1) is 0 Å². The Morgan fingerprint density at radius 3 is 2.64 bits per heavy atom. The minimum Gasteiger partial charge on any atom is -0.545 e. The van der Waals surface area contributed by atoms with Gasteiger partial charge in [-0.2, -0.15) is 5.10 Å². The number of benzene rings is 2. The molecule has 25 heavy (non-hydrogen) atoms. The Hall–Kier alpha value is -2.73. The van der Waals surface area contributed by atoms with Crippen LogP contribution in [0.2, 0.25) is 5.02 Å². The fourth-order valence-corrected chi connectivity index (χ4v) is 2.29. The van der Waals surface area contributed by atoms with Gasteiger partial charge < -0.3 is 19.4 Å². The average molecular weight is 362 g/mol. The van der Waals surface area contributed by atoms with Crippen molar-refractivity contribution in [3.8, 4) is 11.5 Å². The molecule has 132 valence electrons. The molecule has 6 nitrogen and oxygen atoms in total. The number of carbonyl (C=O) groups is 1. The molecule has 0 fully saturated rings. The molecule has 0 saturated carbocycles. The zero-order chi connectivity index (χ0) is 18.2. The van der Waals surface area contributed by atoms with E-state index in [2.05, 4.69) is 10.5 Å². The molecule has 2 aromatic carbocycles. The first-order valence-electron chi connectivity index (χ1n) is 7.66. The molecule has 0 radical (unpaired) electrons. The van der Waals surface area contributed by atoms with Crippen LogP contribution in [0.4, 0.5) is 5.69 Å². The van der Waals surface area contributed by atoms with E-state index >= 15 is 0 Å². The molecule has 7 heteroatoms. The van der Waals surface area contributed by atoms with Crippen molar-refractivity contribution in [2.75, 3.05) is 19.1 Å². The minimum absolute atomic E-state index is 0.105. The number of carboxylic acid groups (broad SMARTS) is 1. The van der Waals surface area contributed by atoms with Gasteiger partial charge in [0.2, 0.25) is 0 Å². The van der Waals surface area contributed by atoms with Crippen LogP contribution in [0.1, 0.15) is 29.3 Å². The molecular formula is C18H18ClN2O4-. The number of methoxy groups -OCH3 is 1. The molecule has 0 spiro atoms. The van der Waals surface area contributed by atoms with Gasteiger partial charge in [-0.1, -0.05) is 30.7 Å². The lowest BCUT2D eigenvalue weighted by Gasteiger charge is -2.12. The first kappa shape index (κ1) is 18.6. The van der Waals surface area contributed by atoms with Crippen LogP contribution in [0.15, 0.2) is 41.5 Å². The first-order chi connectivity index (χ1) is 12.0. The third kappa shape index (κ3) is 5.12. The SMILES string of the molecule is CCCOc1c(Cl)cc(/C=N\Nc2ccc(C(=O)[O-])cc2)cc1OC. The Labute approximate surface area is 151 Å². The number of carboxylic acids is 1. The van der Waals surface area contributed by atoms with Crippen molar-refractivity contribution in [1.82, 2.24) is 0 Å². The van der Waals surface area contributed by atoms with Crippen molar-refractivity contribution in [2.45, 2.75) is 13.3 Å². The second-order valence-electron chi connectivity index (χ2n) is 5.12. The van der Waals surface area contributed by atoms with Gasteiger partial charge in [0.15, 0.2) is 11.5 Å². The summed E-state index contributed by atoms with van der Waals surface area (Å²) in [6.07, 6.45) is 2.44. The van der Waals surface area contributed by atoms with E-state index in [1.807, 2.05) is 6.92 Å². The highest BCUT2D eigenvalue weighted by atomic mass is 35.5. The Balaban J connectivity index is 2.09. The van der Waals surface area contributed by atoms with E-state index in [1.54, 1.807) is 37.6 Å². The summed E-state index contributed by atoms with van der Waals surface area (Å²) >= 11 is 6.24. The number of aromatic carboxylic acids is 1. The summed E-state index contributed by atoms with van der Waals surface area (Å²) in [5.41, 5.74) is 4.28. The third-order valence-electron chi connectivity index (χ3n) is 3.23. The standard InChI is InChI=1S/C18H19ClN2O4/c1-3-8-25-17-15(19)9-12(10-16(17)24-2)11-20-21-14-6-4-13(5-7-14)18(22)23/h4-7,9-11,21H,3,8H2,1-2H3,(H,22,23)/p-1/b20-11-. The summed E-state index contributed by atoms with van der Waals surface area (Å²) in [4.78, 5) is 10.7. The van der Waals surface area contributed by atoms with Gasteiger partial charge in [0.25, 0.3) is 0 Å². The molecule has 0 aromatic heterocycles. The highest BCUT2D eigenvalue weighted by Gasteiger charge is 2.11. The van der Waals surface area contributed by atoms with Crippen LogP contribution < -0.4 is 20.0 Å². The van der Waals surface area contributed by atoms with Crippen LogP contribution >= 0.6 is 11.6 Å². The monoisotopic (exact) mass is 361 g/mol. The second-order valence-corrected chi connectivity index (χ2v) is 5.52. The van der Waals surface area contributed by atoms with Crippen LogP contribution in [0.25, 0.3) is 0 Å². The lowest BCUT2D eigenvalue weighted by atomic mass is 10.2. The highest BCUT2D eigenvalue weighted by molar-refractivity contribution is 6.32. The van der Waals surface area contributed by atoms with E-state index in [9.17, 15) is 9.90 Å². The molecule has 2 aromatic rings. The summed E-state index contributed by atoms with van der Waals surface area (Å²) in [5, 5.41) is 15.2. The molecule has 0 aliphatic rings. The highest BCUT2D eigenvalue weighted by Crippen LogP contribution is 2.36. The Morgan fingerprint density at radius 1 is 1.32 bits per heavy atom. The van der Waals surface area contributed by atoms with E-state index < -0.39 is 5.97 Å². The fraction of sp³-hybridized carbons (Fsp3) is 0.222. The van der Waals surface area contributed by atoms with Crippen LogP contribution in [-0.4, -0.2) is 25.9 Å². The van der Waals surface area contributed by atoms with E-state index in [0.29, 0.717) is 28.8 Å². The summed E-state index contributed by atoms with van der Waals surface area (Å²) in [5.74, 6) is -0.183. The quantitative estimate of drug-likeness (QED) is 0.577. The fourth-order valence-electron chi connectivity index (χ4n) is 2.02. The summed E-state index contributed by atoms with van der Waals surface area (Å²) in [6.45, 7) is 2.56. The van der Waals surface area contributed by atoms with Gasteiger partial charge in [-0.15, -0.1) is 0 Å². The number of rotatable bonds is 8. The average Bonchev–Trinajstić information content (AvgIpc) is 2.61. The van der Waals surface area contributed by atoms with E-state index in [1.165, 1.54) is 12.1 Å². The largest absolute Gasteiger partial charge is 0.545 e. The van der Waals surface area contributed by atoms with Gasteiger partial charge >= 0.3 is 0 Å². The van der Waals surface area contributed by atoms with Gasteiger partial charge in [0, 0.05) is 0 Å². The molecule has 0 bridgehead atoms. The molecular weight excluding hydrogens is 344 g/mol. The van der Waals surface area contributed by atoms with Gasteiger partial charge in [-0.25, -0.2) is 0 Å². The molecule has 0 aliphatic heterocycles. The number of carbonyl (C=O) groups excluding carboxylic acids is 1. The molecule has 2 rings (SSSR count). The summed E-state index contributed by atoms with van der Waals surface area (Å²) < 4.78 is 10.9. The Morgan fingerprint density at radius 2 is 2.04 bits per heavy atom. The van der Waals surface area contributed by atoms with Crippen molar-refractivity contribution in [2.24, 2.45) is 5.10 Å². The number of hydrazone groups is 1. The Bertz CT molecular complexity index is 760. The molecule has 0 heterocycles. The number of nitrogens with zero attached hydrogens (tertiary/aromatic N) is 1. The third-order valence-corrected chi connectivity index (χ3v) is 3.51. The number of hydrogen-bond donors (Lipinski definition) is 1. The number of halogens is 1. The lowest BCUT2D eigenvalue weighted by molar-refractivity contribution is -0.255. The van der Waals surface area contributed by atoms with Gasteiger partial charge in [-0.05, 0) is 41.8 Å². The van der Waals surface area contributed by atoms with Crippen molar-refractivity contribution >= 4 is 29.5 Å². The minimum atomic E-state index is -1.22. The van der Waals surface area contributed by atoms with Crippen LogP contribution in [0.3, 0.4) is 0 Å². The predicted octanol–water partition coefficient (Wildman–Crippen LogP) is 2.95. The molecule has 0 atom stereocenters. The van der Waals surface area contributed by atoms with Gasteiger partial charge in [0.05, 0.1) is 36.6 Å². The van der Waals surface area contributed by atoms with Crippen molar-refractivity contribution in [3.05, 3.63) is 52.5 Å². The number of nitrogens with one attached hydrogen (secondary N) is 1. The number of hydrogen-bond acceptors (Lipinski definition) is 6. The molecule has 0 saturated heterocycles. The number of anilines is 1. The Kier molecular flexibility index (Phi) is 6.65. The zero-order valence-electron chi connectivity index (χ0n) is 13.9. The smallest absolute Gasteiger partial charge is 0.179 e. The normalized spacial score (nSPS) is 10.7. The summed E-state index contributed by atoms with van der Waals surface area (Å²) in [7, 11) is 1.54. The summed E-state index contributed by atoms with van der Waals surface area (Å²) in [6, 6.07) is 9.55. The van der Waals surface area contributed by atoms with Crippen molar-refractivity contribution < 1.29 is 19.4 Å². The maximum Gasteiger partial charge on any atom is 0.179 e. The lowest BCUT2D eigenvalue weighted by Crippen LogP contribution is -2.21. The predicted molar refractivity (Wildman–Crippen MR) is 95.8 cm³/mol. The van der Waals surface area contributed by atoms with E-state index in [0.717, 1.165) is 12.0 Å². The number of ether oxygens (including phenoxy) is 2. The van der Waals surface area contributed by atoms with Gasteiger partial charge in [-0.3, -0.25) is 5.43 Å². The topological polar surface area (TPSA) is 83.0 Å². The first-order valence-corrected chi connectivity index (χ1v) is 8.03. The van der Waals surface area contributed by atoms with Gasteiger partial charge in [0.1, 0.15) is 0 Å². The van der Waals surface area contributed by atoms with Crippen LogP contribution in [-0.2, 0) is 0 Å². The molecule has 0 amide bonds. The molecule has 1 N–H and O–H groups in total.